The lowest BCUT2D eigenvalue weighted by Crippen LogP contribution is -2.18. The minimum Gasteiger partial charge on any atom is -0.403 e. The van der Waals surface area contributed by atoms with E-state index in [2.05, 4.69) is 15.5 Å². The van der Waals surface area contributed by atoms with Crippen LogP contribution in [0.4, 0.5) is 6.01 Å². The van der Waals surface area contributed by atoms with Crippen LogP contribution in [0.25, 0.3) is 11.5 Å². The van der Waals surface area contributed by atoms with Gasteiger partial charge in [0.25, 0.3) is 5.89 Å². The zero-order chi connectivity index (χ0) is 20.1. The lowest BCUT2D eigenvalue weighted by Gasteiger charge is -2.04. The van der Waals surface area contributed by atoms with Gasteiger partial charge in [-0.2, -0.15) is 0 Å². The zero-order valence-corrected chi connectivity index (χ0v) is 16.8. The number of aromatic nitrogens is 2. The fraction of sp³-hybridized carbons (Fsp3) is 0.167. The van der Waals surface area contributed by atoms with Crippen molar-refractivity contribution in [2.45, 2.75) is 12.2 Å². The van der Waals surface area contributed by atoms with E-state index in [4.69, 9.17) is 27.6 Å². The number of hydrogen-bond acceptors (Lipinski definition) is 6. The number of nitrogens with one attached hydrogen (secondary N) is 1. The molecular weight excluding hydrogens is 425 g/mol. The van der Waals surface area contributed by atoms with Gasteiger partial charge in [-0.25, -0.2) is 8.42 Å². The zero-order valence-electron chi connectivity index (χ0n) is 14.4. The molecule has 0 unspecified atom stereocenters. The molecule has 0 bridgehead atoms. The third-order valence-electron chi connectivity index (χ3n) is 3.70. The molecule has 0 atom stereocenters. The monoisotopic (exact) mass is 439 g/mol. The van der Waals surface area contributed by atoms with E-state index in [-0.39, 0.29) is 29.8 Å². The fourth-order valence-electron chi connectivity index (χ4n) is 2.37. The van der Waals surface area contributed by atoms with Gasteiger partial charge in [0.05, 0.1) is 22.1 Å². The van der Waals surface area contributed by atoms with Crippen LogP contribution >= 0.6 is 23.2 Å². The Morgan fingerprint density at radius 2 is 1.82 bits per heavy atom. The number of rotatable bonds is 7. The number of nitrogens with zero attached hydrogens (tertiary/aromatic N) is 2. The Bertz CT molecular complexity index is 1090. The standard InChI is InChI=1S/C18H15Cl2N3O4S/c19-13-6-7-15(20)14(10-13)17-22-23-18(27-17)21-16(24)8-9-28(25,26)11-12-4-2-1-3-5-12/h1-7,10H,8-9,11H2,(H,21,23,24). The minimum absolute atomic E-state index is 0.0829. The van der Waals surface area contributed by atoms with Crippen molar-refractivity contribution in [2.75, 3.05) is 11.1 Å². The summed E-state index contributed by atoms with van der Waals surface area (Å²) in [7, 11) is -3.43. The van der Waals surface area contributed by atoms with Crippen molar-refractivity contribution in [3.63, 3.8) is 0 Å². The van der Waals surface area contributed by atoms with Gasteiger partial charge in [0.15, 0.2) is 9.84 Å². The SMILES string of the molecule is O=C(CCS(=O)(=O)Cc1ccccc1)Nc1nnc(-c2cc(Cl)ccc2Cl)o1. The molecule has 1 aromatic heterocycles. The van der Waals surface area contributed by atoms with Gasteiger partial charge >= 0.3 is 6.01 Å². The lowest BCUT2D eigenvalue weighted by atomic mass is 10.2. The van der Waals surface area contributed by atoms with E-state index >= 15 is 0 Å². The Hall–Kier alpha value is -2.42. The van der Waals surface area contributed by atoms with E-state index in [1.807, 2.05) is 0 Å². The fourth-order valence-corrected chi connectivity index (χ4v) is 4.09. The first-order chi connectivity index (χ1) is 13.3. The maximum Gasteiger partial charge on any atom is 0.322 e. The summed E-state index contributed by atoms with van der Waals surface area (Å²) in [6.45, 7) is 0. The molecule has 7 nitrogen and oxygen atoms in total. The van der Waals surface area contributed by atoms with Crippen LogP contribution in [0.5, 0.6) is 0 Å². The first-order valence-electron chi connectivity index (χ1n) is 8.15. The van der Waals surface area contributed by atoms with E-state index in [0.717, 1.165) is 0 Å². The summed E-state index contributed by atoms with van der Waals surface area (Å²) in [5.74, 6) is -0.892. The number of sulfone groups is 1. The molecular formula is C18H15Cl2N3O4S. The van der Waals surface area contributed by atoms with Gasteiger partial charge in [0.1, 0.15) is 0 Å². The van der Waals surface area contributed by atoms with Crippen molar-refractivity contribution >= 4 is 45.0 Å². The van der Waals surface area contributed by atoms with E-state index in [1.165, 1.54) is 0 Å². The molecule has 146 valence electrons. The third kappa shape index (κ3) is 5.54. The summed E-state index contributed by atoms with van der Waals surface area (Å²) < 4.78 is 29.7. The Kier molecular flexibility index (Phi) is 6.33. The van der Waals surface area contributed by atoms with Gasteiger partial charge in [-0.05, 0) is 23.8 Å². The predicted molar refractivity (Wildman–Crippen MR) is 107 cm³/mol. The molecule has 10 heteroatoms. The normalized spacial score (nSPS) is 11.4. The Morgan fingerprint density at radius 1 is 1.07 bits per heavy atom. The van der Waals surface area contributed by atoms with E-state index in [1.54, 1.807) is 48.5 Å². The van der Waals surface area contributed by atoms with Crippen molar-refractivity contribution in [2.24, 2.45) is 0 Å². The van der Waals surface area contributed by atoms with Gasteiger partial charge in [0.2, 0.25) is 5.91 Å². The van der Waals surface area contributed by atoms with Gasteiger partial charge < -0.3 is 4.42 Å². The van der Waals surface area contributed by atoms with Crippen LogP contribution in [-0.4, -0.2) is 30.3 Å². The number of benzene rings is 2. The van der Waals surface area contributed by atoms with E-state index in [9.17, 15) is 13.2 Å². The van der Waals surface area contributed by atoms with E-state index in [0.29, 0.717) is 21.2 Å². The second kappa shape index (κ2) is 8.72. The van der Waals surface area contributed by atoms with Gasteiger partial charge in [0, 0.05) is 11.4 Å². The number of halogens is 2. The van der Waals surface area contributed by atoms with Crippen LogP contribution in [0.15, 0.2) is 52.9 Å². The number of carbonyl (C=O) groups is 1. The lowest BCUT2D eigenvalue weighted by molar-refractivity contribution is -0.115. The largest absolute Gasteiger partial charge is 0.403 e. The molecule has 0 aliphatic heterocycles. The van der Waals surface area contributed by atoms with Crippen molar-refractivity contribution in [1.29, 1.82) is 0 Å². The van der Waals surface area contributed by atoms with Gasteiger partial charge in [-0.1, -0.05) is 58.6 Å². The molecule has 0 aliphatic rings. The highest BCUT2D eigenvalue weighted by Crippen LogP contribution is 2.30. The maximum atomic E-state index is 12.2. The molecule has 28 heavy (non-hydrogen) atoms. The maximum absolute atomic E-state index is 12.2. The number of anilines is 1. The van der Waals surface area contributed by atoms with Crippen LogP contribution in [0.3, 0.4) is 0 Å². The smallest absolute Gasteiger partial charge is 0.322 e. The predicted octanol–water partition coefficient (Wildman–Crippen LogP) is 3.99. The first-order valence-corrected chi connectivity index (χ1v) is 10.7. The molecule has 0 aliphatic carbocycles. The molecule has 3 rings (SSSR count). The average Bonchev–Trinajstić information content (AvgIpc) is 3.11. The Morgan fingerprint density at radius 3 is 2.57 bits per heavy atom. The summed E-state index contributed by atoms with van der Waals surface area (Å²) in [6, 6.07) is 13.4. The topological polar surface area (TPSA) is 102 Å². The van der Waals surface area contributed by atoms with E-state index < -0.39 is 15.7 Å². The molecule has 0 saturated carbocycles. The molecule has 2 aromatic carbocycles. The van der Waals surface area contributed by atoms with Crippen LogP contribution in [-0.2, 0) is 20.4 Å². The highest BCUT2D eigenvalue weighted by Gasteiger charge is 2.17. The van der Waals surface area contributed by atoms with Crippen LogP contribution in [0.1, 0.15) is 12.0 Å². The summed E-state index contributed by atoms with van der Waals surface area (Å²) in [5, 5.41) is 10.7. The van der Waals surface area contributed by atoms with Crippen LogP contribution in [0, 0.1) is 0 Å². The molecule has 1 amide bonds. The first kappa shape index (κ1) is 20.3. The molecule has 1 heterocycles. The Balaban J connectivity index is 1.58. The summed E-state index contributed by atoms with van der Waals surface area (Å²) in [6.07, 6.45) is -0.231. The highest BCUT2D eigenvalue weighted by atomic mass is 35.5. The van der Waals surface area contributed by atoms with Gasteiger partial charge in [-0.15, -0.1) is 5.10 Å². The van der Waals surface area contributed by atoms with Crippen LogP contribution < -0.4 is 5.32 Å². The van der Waals surface area contributed by atoms with Crippen molar-refractivity contribution in [1.82, 2.24) is 10.2 Å². The third-order valence-corrected chi connectivity index (χ3v) is 5.86. The quantitative estimate of drug-likeness (QED) is 0.596. The molecule has 0 saturated heterocycles. The average molecular weight is 440 g/mol. The van der Waals surface area contributed by atoms with Crippen molar-refractivity contribution in [3.8, 4) is 11.5 Å². The number of carbonyl (C=O) groups excluding carboxylic acids is 1. The molecule has 0 spiro atoms. The second-order valence-corrected chi connectivity index (χ2v) is 8.94. The van der Waals surface area contributed by atoms with Crippen molar-refractivity contribution < 1.29 is 17.6 Å². The number of hydrogen-bond donors (Lipinski definition) is 1. The molecule has 1 N–H and O–H groups in total. The molecule has 0 fully saturated rings. The second-order valence-electron chi connectivity index (χ2n) is 5.91. The molecule has 0 radical (unpaired) electrons. The number of amides is 1. The van der Waals surface area contributed by atoms with Crippen LogP contribution in [0.2, 0.25) is 10.0 Å². The van der Waals surface area contributed by atoms with Gasteiger partial charge in [-0.3, -0.25) is 10.1 Å². The minimum atomic E-state index is -3.43. The summed E-state index contributed by atoms with van der Waals surface area (Å²) >= 11 is 12.0. The highest BCUT2D eigenvalue weighted by molar-refractivity contribution is 7.90. The van der Waals surface area contributed by atoms with Crippen molar-refractivity contribution in [3.05, 3.63) is 64.1 Å². The summed E-state index contributed by atoms with van der Waals surface area (Å²) in [5.41, 5.74) is 1.09. The summed E-state index contributed by atoms with van der Waals surface area (Å²) in [4.78, 5) is 12.0. The molecule has 3 aromatic rings. The Labute approximate surface area is 171 Å².